The number of carboxylic acids is 1. The van der Waals surface area contributed by atoms with Gasteiger partial charge in [-0.2, -0.15) is 0 Å². The molecule has 7 heteroatoms. The van der Waals surface area contributed by atoms with Crippen molar-refractivity contribution < 1.29 is 18.3 Å². The summed E-state index contributed by atoms with van der Waals surface area (Å²) < 4.78 is 25.7. The molecule has 0 aliphatic carbocycles. The number of H-pyrrole nitrogens is 1. The highest BCUT2D eigenvalue weighted by molar-refractivity contribution is 7.89. The summed E-state index contributed by atoms with van der Waals surface area (Å²) in [4.78, 5) is 14.0. The summed E-state index contributed by atoms with van der Waals surface area (Å²) in [5.41, 5.74) is 0.811. The predicted molar refractivity (Wildman–Crippen MR) is 77.7 cm³/mol. The molecule has 0 saturated carbocycles. The first-order valence-electron chi connectivity index (χ1n) is 6.33. The Morgan fingerprint density at radius 3 is 2.62 bits per heavy atom. The molecule has 0 unspecified atom stereocenters. The Morgan fingerprint density at radius 2 is 2.00 bits per heavy atom. The van der Waals surface area contributed by atoms with Crippen LogP contribution in [0.1, 0.15) is 15.9 Å². The molecule has 0 aliphatic heterocycles. The zero-order valence-corrected chi connectivity index (χ0v) is 12.3. The molecule has 0 fully saturated rings. The molecule has 1 aromatic heterocycles. The molecule has 112 valence electrons. The number of hydrogen-bond donors (Lipinski definition) is 2. The van der Waals surface area contributed by atoms with Gasteiger partial charge in [-0.3, -0.25) is 0 Å². The fourth-order valence-electron chi connectivity index (χ4n) is 1.99. The van der Waals surface area contributed by atoms with Crippen molar-refractivity contribution in [1.29, 1.82) is 0 Å². The topological polar surface area (TPSA) is 90.5 Å². The predicted octanol–water partition coefficient (Wildman–Crippen LogP) is 1.58. The summed E-state index contributed by atoms with van der Waals surface area (Å²) in [6, 6.07) is 8.07. The lowest BCUT2D eigenvalue weighted by atomic mass is 10.1. The van der Waals surface area contributed by atoms with E-state index in [4.69, 9.17) is 5.11 Å². The first-order valence-corrected chi connectivity index (χ1v) is 7.77. The molecule has 0 amide bonds. The number of carboxylic acid groups (broad SMARTS) is 1. The quantitative estimate of drug-likeness (QED) is 0.847. The minimum Gasteiger partial charge on any atom is -0.478 e. The summed E-state index contributed by atoms with van der Waals surface area (Å²) >= 11 is 0. The monoisotopic (exact) mass is 308 g/mol. The summed E-state index contributed by atoms with van der Waals surface area (Å²) in [6.45, 7) is 0.206. The van der Waals surface area contributed by atoms with Crippen molar-refractivity contribution in [2.75, 3.05) is 13.6 Å². The molecule has 6 nitrogen and oxygen atoms in total. The van der Waals surface area contributed by atoms with Crippen LogP contribution in [0.15, 0.2) is 47.6 Å². The van der Waals surface area contributed by atoms with E-state index < -0.39 is 16.0 Å². The van der Waals surface area contributed by atoms with Gasteiger partial charge in [0.2, 0.25) is 10.0 Å². The van der Waals surface area contributed by atoms with E-state index in [0.29, 0.717) is 12.0 Å². The Balaban J connectivity index is 2.12. The number of nitrogens with one attached hydrogen (secondary N) is 1. The number of likely N-dealkylation sites (N-methyl/N-ethyl adjacent to an activating group) is 1. The lowest BCUT2D eigenvalue weighted by Crippen LogP contribution is -2.29. The van der Waals surface area contributed by atoms with Gasteiger partial charge in [0.1, 0.15) is 0 Å². The van der Waals surface area contributed by atoms with Crippen LogP contribution in [-0.4, -0.2) is 42.4 Å². The van der Waals surface area contributed by atoms with Gasteiger partial charge < -0.3 is 10.1 Å². The van der Waals surface area contributed by atoms with Gasteiger partial charge in [-0.25, -0.2) is 17.5 Å². The molecular weight excluding hydrogens is 292 g/mol. The standard InChI is InChI=1S/C14H16N2O4S/c1-16(21(19,20)12-6-8-15-10-12)9-7-11-4-2-3-5-13(11)14(17)18/h2-6,8,10,15H,7,9H2,1H3,(H,17,18). The molecule has 1 heterocycles. The van der Waals surface area contributed by atoms with Crippen LogP contribution < -0.4 is 0 Å². The van der Waals surface area contributed by atoms with Gasteiger partial charge in [0.25, 0.3) is 0 Å². The molecule has 0 aliphatic rings. The Labute approximate surface area is 123 Å². The molecular formula is C14H16N2O4S. The minimum absolute atomic E-state index is 0.191. The van der Waals surface area contributed by atoms with E-state index >= 15 is 0 Å². The molecule has 0 spiro atoms. The van der Waals surface area contributed by atoms with Crippen molar-refractivity contribution in [2.24, 2.45) is 0 Å². The third kappa shape index (κ3) is 3.32. The van der Waals surface area contributed by atoms with Gasteiger partial charge in [-0.1, -0.05) is 18.2 Å². The molecule has 0 bridgehead atoms. The lowest BCUT2D eigenvalue weighted by Gasteiger charge is -2.16. The van der Waals surface area contributed by atoms with E-state index in [1.807, 2.05) is 0 Å². The van der Waals surface area contributed by atoms with Gasteiger partial charge in [-0.05, 0) is 24.1 Å². The first-order chi connectivity index (χ1) is 9.93. The fraction of sp³-hybridized carbons (Fsp3) is 0.214. The molecule has 21 heavy (non-hydrogen) atoms. The number of sulfonamides is 1. The Hall–Kier alpha value is -2.12. The van der Waals surface area contributed by atoms with Gasteiger partial charge in [0.05, 0.1) is 10.5 Å². The summed E-state index contributed by atoms with van der Waals surface area (Å²) in [7, 11) is -2.07. The number of rotatable bonds is 6. The maximum absolute atomic E-state index is 12.2. The third-order valence-corrected chi connectivity index (χ3v) is 5.07. The van der Waals surface area contributed by atoms with E-state index in [1.54, 1.807) is 24.4 Å². The first kappa shape index (κ1) is 15.3. The van der Waals surface area contributed by atoms with E-state index in [0.717, 1.165) is 0 Å². The number of aromatic nitrogens is 1. The van der Waals surface area contributed by atoms with E-state index in [-0.39, 0.29) is 17.0 Å². The number of carbonyl (C=O) groups is 1. The number of aromatic amines is 1. The zero-order valence-electron chi connectivity index (χ0n) is 11.5. The second-order valence-corrected chi connectivity index (χ2v) is 6.63. The molecule has 2 aromatic rings. The van der Waals surface area contributed by atoms with Crippen molar-refractivity contribution in [3.63, 3.8) is 0 Å². The van der Waals surface area contributed by atoms with Gasteiger partial charge in [-0.15, -0.1) is 0 Å². The second-order valence-electron chi connectivity index (χ2n) is 4.59. The molecule has 0 saturated heterocycles. The highest BCUT2D eigenvalue weighted by atomic mass is 32.2. The summed E-state index contributed by atoms with van der Waals surface area (Å²) in [6.07, 6.45) is 3.29. The highest BCUT2D eigenvalue weighted by Gasteiger charge is 2.21. The average molecular weight is 308 g/mol. The van der Waals surface area contributed by atoms with Crippen LogP contribution >= 0.6 is 0 Å². The van der Waals surface area contributed by atoms with Gasteiger partial charge in [0.15, 0.2) is 0 Å². The van der Waals surface area contributed by atoms with E-state index in [1.165, 1.54) is 29.7 Å². The maximum Gasteiger partial charge on any atom is 0.335 e. The summed E-state index contributed by atoms with van der Waals surface area (Å²) in [5, 5.41) is 9.10. The van der Waals surface area contributed by atoms with Crippen molar-refractivity contribution in [3.8, 4) is 0 Å². The zero-order chi connectivity index (χ0) is 15.5. The Kier molecular flexibility index (Phi) is 4.44. The van der Waals surface area contributed by atoms with Crippen LogP contribution in [0.3, 0.4) is 0 Å². The number of benzene rings is 1. The van der Waals surface area contributed by atoms with Crippen LogP contribution in [0.2, 0.25) is 0 Å². The van der Waals surface area contributed by atoms with Crippen LogP contribution in [0.5, 0.6) is 0 Å². The molecule has 1 aromatic carbocycles. The van der Waals surface area contributed by atoms with Crippen LogP contribution in [0, 0.1) is 0 Å². The van der Waals surface area contributed by atoms with Crippen molar-refractivity contribution in [2.45, 2.75) is 11.3 Å². The van der Waals surface area contributed by atoms with Crippen LogP contribution in [0.4, 0.5) is 0 Å². The fourth-order valence-corrected chi connectivity index (χ4v) is 3.14. The van der Waals surface area contributed by atoms with Gasteiger partial charge in [0, 0.05) is 26.0 Å². The van der Waals surface area contributed by atoms with Crippen molar-refractivity contribution >= 4 is 16.0 Å². The largest absolute Gasteiger partial charge is 0.478 e. The number of hydrogen-bond acceptors (Lipinski definition) is 3. The van der Waals surface area contributed by atoms with Gasteiger partial charge >= 0.3 is 5.97 Å². The normalized spacial score (nSPS) is 11.7. The maximum atomic E-state index is 12.2. The van der Waals surface area contributed by atoms with Crippen molar-refractivity contribution in [1.82, 2.24) is 9.29 Å². The van der Waals surface area contributed by atoms with E-state index in [2.05, 4.69) is 4.98 Å². The van der Waals surface area contributed by atoms with Crippen LogP contribution in [-0.2, 0) is 16.4 Å². The Bertz CT molecular complexity index is 723. The number of aromatic carboxylic acids is 1. The smallest absolute Gasteiger partial charge is 0.335 e. The van der Waals surface area contributed by atoms with Crippen LogP contribution in [0.25, 0.3) is 0 Å². The second kappa shape index (κ2) is 6.11. The number of nitrogens with zero attached hydrogens (tertiary/aromatic N) is 1. The molecule has 0 radical (unpaired) electrons. The molecule has 2 rings (SSSR count). The minimum atomic E-state index is -3.54. The molecule has 0 atom stereocenters. The van der Waals surface area contributed by atoms with E-state index in [9.17, 15) is 13.2 Å². The highest BCUT2D eigenvalue weighted by Crippen LogP contribution is 2.15. The lowest BCUT2D eigenvalue weighted by molar-refractivity contribution is 0.0695. The molecule has 2 N–H and O–H groups in total. The summed E-state index contributed by atoms with van der Waals surface area (Å²) in [5.74, 6) is -1.01. The third-order valence-electron chi connectivity index (χ3n) is 3.22. The average Bonchev–Trinajstić information content (AvgIpc) is 2.99. The SMILES string of the molecule is CN(CCc1ccccc1C(=O)O)S(=O)(=O)c1cc[nH]c1. The Morgan fingerprint density at radius 1 is 1.29 bits per heavy atom. The van der Waals surface area contributed by atoms with Crippen molar-refractivity contribution in [3.05, 3.63) is 53.9 Å².